The zero-order valence-corrected chi connectivity index (χ0v) is 18.4. The van der Waals surface area contributed by atoms with Crippen molar-refractivity contribution in [3.05, 3.63) is 48.3 Å². The molecule has 3 rings (SSSR count). The number of hydrogen-bond acceptors (Lipinski definition) is 7. The Morgan fingerprint density at radius 3 is 2.62 bits per heavy atom. The predicted octanol–water partition coefficient (Wildman–Crippen LogP) is 1.41. The standard InChI is InChI=1S/C21H25FN2O7S/c1-13(2)20(24-32(27,28)19-6-4-3-5-16(19)22)21(26)23-10-14(25)11-29-15-7-8-17-18(9-15)31-12-30-17/h3-9,13-14,20,24-25H,10-12H2,1-2H3,(H,23,26)/t14?,20-/m0/s1. The third kappa shape index (κ3) is 5.87. The fourth-order valence-electron chi connectivity index (χ4n) is 2.93. The Labute approximate surface area is 185 Å². The Balaban J connectivity index is 1.53. The number of nitrogens with one attached hydrogen (secondary N) is 2. The quantitative estimate of drug-likeness (QED) is 0.482. The number of carbonyl (C=O) groups is 1. The second kappa shape index (κ2) is 10.2. The lowest BCUT2D eigenvalue weighted by Crippen LogP contribution is -2.51. The van der Waals surface area contributed by atoms with Crippen LogP contribution in [0.4, 0.5) is 4.39 Å². The molecule has 2 aromatic rings. The van der Waals surface area contributed by atoms with Crippen LogP contribution >= 0.6 is 0 Å². The Hall–Kier alpha value is -2.89. The van der Waals surface area contributed by atoms with Gasteiger partial charge in [-0.25, -0.2) is 12.8 Å². The van der Waals surface area contributed by atoms with Gasteiger partial charge < -0.3 is 24.6 Å². The molecule has 0 saturated carbocycles. The van der Waals surface area contributed by atoms with Crippen LogP contribution in [0, 0.1) is 11.7 Å². The second-order valence-electron chi connectivity index (χ2n) is 7.50. The first-order valence-corrected chi connectivity index (χ1v) is 11.4. The second-order valence-corrected chi connectivity index (χ2v) is 9.18. The highest BCUT2D eigenvalue weighted by atomic mass is 32.2. The third-order valence-electron chi connectivity index (χ3n) is 4.66. The Kier molecular flexibility index (Phi) is 7.54. The molecule has 2 aromatic carbocycles. The van der Waals surface area contributed by atoms with Crippen LogP contribution in [0.1, 0.15) is 13.8 Å². The molecule has 1 aliphatic rings. The number of benzene rings is 2. The molecule has 0 fully saturated rings. The highest BCUT2D eigenvalue weighted by molar-refractivity contribution is 7.89. The van der Waals surface area contributed by atoms with Crippen molar-refractivity contribution in [1.29, 1.82) is 0 Å². The summed E-state index contributed by atoms with van der Waals surface area (Å²) in [5.41, 5.74) is 0. The molecule has 32 heavy (non-hydrogen) atoms. The number of carbonyl (C=O) groups excluding carboxylic acids is 1. The van der Waals surface area contributed by atoms with Crippen LogP contribution in [0.15, 0.2) is 47.4 Å². The molecule has 3 N–H and O–H groups in total. The average Bonchev–Trinajstić information content (AvgIpc) is 3.22. The molecule has 0 aromatic heterocycles. The number of aliphatic hydroxyl groups excluding tert-OH is 1. The summed E-state index contributed by atoms with van der Waals surface area (Å²) in [5.74, 6) is -0.410. The van der Waals surface area contributed by atoms with E-state index >= 15 is 0 Å². The summed E-state index contributed by atoms with van der Waals surface area (Å²) in [6.45, 7) is 3.13. The lowest BCUT2D eigenvalue weighted by molar-refractivity contribution is -0.124. The van der Waals surface area contributed by atoms with Crippen molar-refractivity contribution >= 4 is 15.9 Å². The Morgan fingerprint density at radius 1 is 1.19 bits per heavy atom. The minimum atomic E-state index is -4.27. The summed E-state index contributed by atoms with van der Waals surface area (Å²) in [6.07, 6.45) is -1.06. The molecule has 1 unspecified atom stereocenters. The SMILES string of the molecule is CC(C)[C@H](NS(=O)(=O)c1ccccc1F)C(=O)NCC(O)COc1ccc2c(c1)OCO2. The van der Waals surface area contributed by atoms with Crippen molar-refractivity contribution in [2.24, 2.45) is 5.92 Å². The van der Waals surface area contributed by atoms with E-state index in [1.54, 1.807) is 32.0 Å². The third-order valence-corrected chi connectivity index (χ3v) is 6.13. The maximum atomic E-state index is 13.9. The summed E-state index contributed by atoms with van der Waals surface area (Å²) in [7, 11) is -4.27. The number of hydrogen-bond donors (Lipinski definition) is 3. The van der Waals surface area contributed by atoms with Gasteiger partial charge in [0.2, 0.25) is 22.7 Å². The average molecular weight is 469 g/mol. The van der Waals surface area contributed by atoms with Gasteiger partial charge in [0.1, 0.15) is 35.2 Å². The molecular weight excluding hydrogens is 443 g/mol. The molecule has 1 amide bonds. The van der Waals surface area contributed by atoms with Crippen LogP contribution in [0.25, 0.3) is 0 Å². The van der Waals surface area contributed by atoms with E-state index in [1.165, 1.54) is 12.1 Å². The lowest BCUT2D eigenvalue weighted by atomic mass is 10.1. The van der Waals surface area contributed by atoms with Gasteiger partial charge in [0.15, 0.2) is 11.5 Å². The monoisotopic (exact) mass is 468 g/mol. The van der Waals surface area contributed by atoms with Gasteiger partial charge in [0.25, 0.3) is 0 Å². The summed E-state index contributed by atoms with van der Waals surface area (Å²) >= 11 is 0. The van der Waals surface area contributed by atoms with Crippen molar-refractivity contribution in [1.82, 2.24) is 10.0 Å². The summed E-state index contributed by atoms with van der Waals surface area (Å²) in [6, 6.07) is 8.69. The van der Waals surface area contributed by atoms with Gasteiger partial charge in [-0.1, -0.05) is 26.0 Å². The smallest absolute Gasteiger partial charge is 0.244 e. The molecule has 1 heterocycles. The van der Waals surface area contributed by atoms with Gasteiger partial charge in [-0.2, -0.15) is 4.72 Å². The molecule has 0 spiro atoms. The van der Waals surface area contributed by atoms with E-state index < -0.39 is 44.7 Å². The fourth-order valence-corrected chi connectivity index (χ4v) is 4.35. The largest absolute Gasteiger partial charge is 0.491 e. The molecular formula is C21H25FN2O7S. The van der Waals surface area contributed by atoms with Crippen molar-refractivity contribution < 1.29 is 36.9 Å². The number of fused-ring (bicyclic) bond motifs is 1. The van der Waals surface area contributed by atoms with E-state index in [0.29, 0.717) is 17.2 Å². The van der Waals surface area contributed by atoms with Gasteiger partial charge in [-0.3, -0.25) is 4.79 Å². The molecule has 174 valence electrons. The lowest BCUT2D eigenvalue weighted by Gasteiger charge is -2.22. The molecule has 0 bridgehead atoms. The van der Waals surface area contributed by atoms with Gasteiger partial charge in [0.05, 0.1) is 0 Å². The molecule has 11 heteroatoms. The van der Waals surface area contributed by atoms with Crippen molar-refractivity contribution in [2.45, 2.75) is 30.9 Å². The predicted molar refractivity (Wildman–Crippen MR) is 112 cm³/mol. The highest BCUT2D eigenvalue weighted by Crippen LogP contribution is 2.35. The highest BCUT2D eigenvalue weighted by Gasteiger charge is 2.30. The number of aliphatic hydroxyl groups is 1. The van der Waals surface area contributed by atoms with E-state index in [-0.39, 0.29) is 19.9 Å². The zero-order valence-electron chi connectivity index (χ0n) is 17.6. The van der Waals surface area contributed by atoms with Crippen LogP contribution < -0.4 is 24.2 Å². The maximum Gasteiger partial charge on any atom is 0.244 e. The van der Waals surface area contributed by atoms with E-state index in [4.69, 9.17) is 14.2 Å². The van der Waals surface area contributed by atoms with Gasteiger partial charge in [0, 0.05) is 12.6 Å². The van der Waals surface area contributed by atoms with Crippen molar-refractivity contribution in [3.8, 4) is 17.2 Å². The molecule has 0 aliphatic carbocycles. The van der Waals surface area contributed by atoms with Crippen LogP contribution in [-0.4, -0.2) is 51.5 Å². The summed E-state index contributed by atoms with van der Waals surface area (Å²) < 4.78 is 57.2. The van der Waals surface area contributed by atoms with Gasteiger partial charge >= 0.3 is 0 Å². The first kappa shape index (κ1) is 23.8. The fraction of sp³-hybridized carbons (Fsp3) is 0.381. The normalized spacial score (nSPS) is 14.8. The molecule has 1 aliphatic heterocycles. The topological polar surface area (TPSA) is 123 Å². The molecule has 2 atom stereocenters. The van der Waals surface area contributed by atoms with E-state index in [1.807, 2.05) is 0 Å². The molecule has 0 saturated heterocycles. The van der Waals surface area contributed by atoms with Crippen LogP contribution in [0.2, 0.25) is 0 Å². The molecule has 0 radical (unpaired) electrons. The summed E-state index contributed by atoms with van der Waals surface area (Å²) in [4.78, 5) is 12.0. The Bertz CT molecular complexity index is 1060. The minimum absolute atomic E-state index is 0.118. The van der Waals surface area contributed by atoms with Gasteiger partial charge in [-0.05, 0) is 30.2 Å². The van der Waals surface area contributed by atoms with Crippen molar-refractivity contribution in [3.63, 3.8) is 0 Å². The number of sulfonamides is 1. The maximum absolute atomic E-state index is 13.9. The number of amides is 1. The van der Waals surface area contributed by atoms with Crippen LogP contribution in [-0.2, 0) is 14.8 Å². The molecule has 9 nitrogen and oxygen atoms in total. The van der Waals surface area contributed by atoms with E-state index in [9.17, 15) is 22.7 Å². The first-order valence-electron chi connectivity index (χ1n) is 9.92. The number of ether oxygens (including phenoxy) is 3. The summed E-state index contributed by atoms with van der Waals surface area (Å²) in [5, 5.41) is 12.6. The van der Waals surface area contributed by atoms with E-state index in [0.717, 1.165) is 12.1 Å². The first-order chi connectivity index (χ1) is 15.2. The van der Waals surface area contributed by atoms with Gasteiger partial charge in [-0.15, -0.1) is 0 Å². The minimum Gasteiger partial charge on any atom is -0.491 e. The zero-order chi connectivity index (χ0) is 23.3. The number of halogens is 1. The Morgan fingerprint density at radius 2 is 1.91 bits per heavy atom. The van der Waals surface area contributed by atoms with Crippen LogP contribution in [0.5, 0.6) is 17.2 Å². The van der Waals surface area contributed by atoms with Crippen LogP contribution in [0.3, 0.4) is 0 Å². The van der Waals surface area contributed by atoms with E-state index in [2.05, 4.69) is 10.0 Å². The van der Waals surface area contributed by atoms with Crippen molar-refractivity contribution in [2.75, 3.05) is 19.9 Å². The number of rotatable bonds is 10.